The number of carbonyl (C=O) groups is 1. The normalized spacial score (nSPS) is 16.7. The lowest BCUT2D eigenvalue weighted by atomic mass is 10.0. The Bertz CT molecular complexity index is 1360. The number of amides is 1. The highest BCUT2D eigenvalue weighted by molar-refractivity contribution is 7.82. The van der Waals surface area contributed by atoms with Crippen LogP contribution in [0.4, 0.5) is 17.6 Å². The molecule has 2 aromatic rings. The molecular formula is C28H30F4N3O3S+. The zero-order valence-corrected chi connectivity index (χ0v) is 22.5. The van der Waals surface area contributed by atoms with E-state index in [9.17, 15) is 26.6 Å². The minimum atomic E-state index is -4.42. The van der Waals surface area contributed by atoms with Gasteiger partial charge in [-0.15, -0.1) is 4.31 Å². The maximum Gasteiger partial charge on any atom is 0.416 e. The lowest BCUT2D eigenvalue weighted by Gasteiger charge is -2.18. The summed E-state index contributed by atoms with van der Waals surface area (Å²) in [7, 11) is -2.20. The molecule has 6 nitrogen and oxygen atoms in total. The molecule has 1 N–H and O–H groups in total. The Morgan fingerprint density at radius 3 is 2.59 bits per heavy atom. The third-order valence-corrected chi connectivity index (χ3v) is 8.04. The topological polar surface area (TPSA) is 74.9 Å². The van der Waals surface area contributed by atoms with Crippen LogP contribution in [0.5, 0.6) is 0 Å². The second-order valence-corrected chi connectivity index (χ2v) is 11.1. The second kappa shape index (κ2) is 12.3. The van der Waals surface area contributed by atoms with Gasteiger partial charge in [0.2, 0.25) is 16.9 Å². The summed E-state index contributed by atoms with van der Waals surface area (Å²) in [5, 5.41) is 3.06. The number of nitrogens with zero attached hydrogens (tertiary/aromatic N) is 2. The van der Waals surface area contributed by atoms with E-state index in [-0.39, 0.29) is 42.4 Å². The van der Waals surface area contributed by atoms with Gasteiger partial charge in [-0.25, -0.2) is 4.39 Å². The van der Waals surface area contributed by atoms with E-state index < -0.39 is 22.7 Å². The molecule has 2 heterocycles. The van der Waals surface area contributed by atoms with Gasteiger partial charge in [0.15, 0.2) is 0 Å². The highest BCUT2D eigenvalue weighted by Gasteiger charge is 2.32. The molecule has 11 heteroatoms. The summed E-state index contributed by atoms with van der Waals surface area (Å²) < 4.78 is 73.0. The lowest BCUT2D eigenvalue weighted by molar-refractivity contribution is -0.137. The Morgan fingerprint density at radius 1 is 1.15 bits per heavy atom. The molecule has 39 heavy (non-hydrogen) atoms. The van der Waals surface area contributed by atoms with Crippen molar-refractivity contribution in [2.24, 2.45) is 4.99 Å². The van der Waals surface area contributed by atoms with Crippen molar-refractivity contribution in [2.45, 2.75) is 56.8 Å². The van der Waals surface area contributed by atoms with Crippen molar-refractivity contribution < 1.29 is 31.0 Å². The fourth-order valence-corrected chi connectivity index (χ4v) is 5.59. The molecule has 0 fully saturated rings. The van der Waals surface area contributed by atoms with Crippen LogP contribution in [0, 0.1) is 0 Å². The van der Waals surface area contributed by atoms with Crippen LogP contribution >= 0.6 is 0 Å². The Balaban J connectivity index is 1.42. The number of thiol groups is 1. The van der Waals surface area contributed by atoms with Crippen molar-refractivity contribution in [1.82, 2.24) is 9.62 Å². The first-order valence-corrected chi connectivity index (χ1v) is 13.8. The molecule has 4 rings (SSSR count). The number of hydrogen-bond donors (Lipinski definition) is 1. The third kappa shape index (κ3) is 7.42. The maximum absolute atomic E-state index is 13.6. The van der Waals surface area contributed by atoms with Gasteiger partial charge in [0, 0.05) is 42.8 Å². The molecule has 1 unspecified atom stereocenters. The predicted molar refractivity (Wildman–Crippen MR) is 143 cm³/mol. The molecule has 1 aliphatic heterocycles. The number of rotatable bonds is 8. The van der Waals surface area contributed by atoms with Crippen molar-refractivity contribution >= 4 is 28.7 Å². The summed E-state index contributed by atoms with van der Waals surface area (Å²) >= 11 is 0. The summed E-state index contributed by atoms with van der Waals surface area (Å²) in [6.45, 7) is 3.70. The highest BCUT2D eigenvalue weighted by Crippen LogP contribution is 2.31. The van der Waals surface area contributed by atoms with Crippen molar-refractivity contribution in [3.8, 4) is 0 Å². The number of hydrogen-bond acceptors (Lipinski definition) is 4. The molecular weight excluding hydrogens is 534 g/mol. The largest absolute Gasteiger partial charge is 0.420 e. The van der Waals surface area contributed by atoms with Crippen molar-refractivity contribution in [2.75, 3.05) is 13.1 Å². The Labute approximate surface area is 226 Å². The fourth-order valence-electron chi connectivity index (χ4n) is 4.22. The number of aliphatic imine (C=N–C) groups is 1. The number of halogens is 4. The molecule has 1 atom stereocenters. The quantitative estimate of drug-likeness (QED) is 0.240. The number of fused-ring (bicyclic) bond motifs is 1. The van der Waals surface area contributed by atoms with Crippen LogP contribution in [0.25, 0.3) is 6.08 Å². The van der Waals surface area contributed by atoms with Crippen LogP contribution in [-0.4, -0.2) is 35.1 Å². The van der Waals surface area contributed by atoms with Crippen LogP contribution in [0.3, 0.4) is 0 Å². The van der Waals surface area contributed by atoms with Gasteiger partial charge in [0.1, 0.15) is 18.1 Å². The summed E-state index contributed by atoms with van der Waals surface area (Å²) in [6, 6.07) is 6.10. The average molecular weight is 565 g/mol. The molecule has 0 radical (unpaired) electrons. The lowest BCUT2D eigenvalue weighted by Crippen LogP contribution is -2.42. The average Bonchev–Trinajstić information content (AvgIpc) is 3.29. The monoisotopic (exact) mass is 564 g/mol. The standard InChI is InChI=1S/C28H29F4N3O3S/c1-18(2)35(39(37)27-15-21-14-23(29)10-11-25(21)38-27)17-26(36)34-16-19-5-3-4-12-33-24(13-19)20-6-8-22(9-7-20)28(30,31)32/h4,6-9,12-15,18H,3,5,10-11,16-17H2,1-2H3,(H,34,36)/p+1. The Kier molecular flexibility index (Phi) is 9.01. The highest BCUT2D eigenvalue weighted by atomic mass is 32.2. The van der Waals surface area contributed by atoms with Crippen LogP contribution in [0.1, 0.15) is 55.6 Å². The van der Waals surface area contributed by atoms with Crippen LogP contribution in [0.2, 0.25) is 0 Å². The van der Waals surface area contributed by atoms with Gasteiger partial charge < -0.3 is 9.73 Å². The van der Waals surface area contributed by atoms with Gasteiger partial charge in [-0.05, 0) is 56.5 Å². The number of furan rings is 1. The first-order chi connectivity index (χ1) is 18.5. The van der Waals surface area contributed by atoms with Gasteiger partial charge in [-0.1, -0.05) is 22.4 Å². The summed E-state index contributed by atoms with van der Waals surface area (Å²) in [5.41, 5.74) is 1.69. The summed E-state index contributed by atoms with van der Waals surface area (Å²) in [6.07, 6.45) is 4.14. The SMILES string of the molecule is CC(C)N(CC(=O)NCC1=CC(c2ccc(C(F)(F)F)cc2)=NC=CCC1)[SH+](=O)c1cc2c(o1)CCC(F)=C2. The zero-order chi connectivity index (χ0) is 28.2. The molecule has 0 saturated heterocycles. The van der Waals surface area contributed by atoms with Crippen molar-refractivity contribution in [3.05, 3.63) is 82.5 Å². The summed E-state index contributed by atoms with van der Waals surface area (Å²) in [5.74, 6) is -0.0183. The molecule has 1 aliphatic carbocycles. The number of carbonyl (C=O) groups excluding carboxylic acids is 1. The first kappa shape index (κ1) is 28.7. The van der Waals surface area contributed by atoms with Crippen LogP contribution < -0.4 is 5.32 Å². The molecule has 2 aliphatic rings. The van der Waals surface area contributed by atoms with E-state index in [2.05, 4.69) is 10.3 Å². The van der Waals surface area contributed by atoms with E-state index in [0.29, 0.717) is 41.9 Å². The van der Waals surface area contributed by atoms with E-state index in [1.54, 1.807) is 18.3 Å². The van der Waals surface area contributed by atoms with Crippen molar-refractivity contribution in [1.29, 1.82) is 0 Å². The third-order valence-electron chi connectivity index (χ3n) is 6.37. The smallest absolute Gasteiger partial charge is 0.416 e. The number of benzene rings is 1. The summed E-state index contributed by atoms with van der Waals surface area (Å²) in [4.78, 5) is 17.2. The van der Waals surface area contributed by atoms with Crippen molar-refractivity contribution in [3.63, 3.8) is 0 Å². The molecule has 1 aromatic heterocycles. The van der Waals surface area contributed by atoms with Crippen LogP contribution in [0.15, 0.2) is 74.6 Å². The van der Waals surface area contributed by atoms with E-state index in [4.69, 9.17) is 4.42 Å². The molecule has 0 saturated carbocycles. The van der Waals surface area contributed by atoms with E-state index in [0.717, 1.165) is 17.7 Å². The van der Waals surface area contributed by atoms with Crippen LogP contribution in [-0.2, 0) is 32.6 Å². The fraction of sp³-hybridized carbons (Fsp3) is 0.357. The van der Waals surface area contributed by atoms with Gasteiger partial charge in [0.25, 0.3) is 0 Å². The van der Waals surface area contributed by atoms with Gasteiger partial charge in [-0.3, -0.25) is 9.79 Å². The molecule has 208 valence electrons. The molecule has 0 spiro atoms. The maximum atomic E-state index is 13.6. The van der Waals surface area contributed by atoms with E-state index >= 15 is 0 Å². The zero-order valence-electron chi connectivity index (χ0n) is 21.6. The predicted octanol–water partition coefficient (Wildman–Crippen LogP) is 6.07. The van der Waals surface area contributed by atoms with Gasteiger partial charge in [0.05, 0.1) is 17.3 Å². The molecule has 1 amide bonds. The van der Waals surface area contributed by atoms with Gasteiger partial charge in [-0.2, -0.15) is 13.2 Å². The Morgan fingerprint density at radius 2 is 1.90 bits per heavy atom. The minimum absolute atomic E-state index is 0.143. The number of allylic oxidation sites excluding steroid dienone is 3. The minimum Gasteiger partial charge on any atom is -0.420 e. The molecule has 0 bridgehead atoms. The molecule has 1 aromatic carbocycles. The Hall–Kier alpha value is -3.31. The van der Waals surface area contributed by atoms with Gasteiger partial charge >= 0.3 is 11.3 Å². The second-order valence-electron chi connectivity index (χ2n) is 9.61. The number of alkyl halides is 3. The van der Waals surface area contributed by atoms with E-state index in [1.807, 2.05) is 19.9 Å². The number of aryl methyl sites for hydroxylation is 1. The van der Waals surface area contributed by atoms with E-state index in [1.165, 1.54) is 22.5 Å². The number of nitrogens with one attached hydrogen (secondary N) is 1. The first-order valence-electron chi connectivity index (χ1n) is 12.6.